The van der Waals surface area contributed by atoms with Gasteiger partial charge in [0.15, 0.2) is 6.10 Å². The van der Waals surface area contributed by atoms with Gasteiger partial charge in [-0.1, -0.05) is 13.0 Å². The van der Waals surface area contributed by atoms with Crippen LogP contribution in [0.3, 0.4) is 0 Å². The summed E-state index contributed by atoms with van der Waals surface area (Å²) < 4.78 is 5.74. The van der Waals surface area contributed by atoms with Gasteiger partial charge < -0.3 is 20.7 Å². The van der Waals surface area contributed by atoms with E-state index in [1.807, 2.05) is 39.1 Å². The second-order valence-corrected chi connectivity index (χ2v) is 5.76. The van der Waals surface area contributed by atoms with Crippen molar-refractivity contribution in [3.8, 4) is 5.75 Å². The van der Waals surface area contributed by atoms with Crippen molar-refractivity contribution in [2.75, 3.05) is 18.9 Å². The second-order valence-electron chi connectivity index (χ2n) is 5.76. The molecular formula is C17H26ClN3O3. The summed E-state index contributed by atoms with van der Waals surface area (Å²) >= 11 is 0. The molecule has 0 radical (unpaired) electrons. The first-order valence-electron chi connectivity index (χ1n) is 8.10. The van der Waals surface area contributed by atoms with E-state index < -0.39 is 6.10 Å². The Morgan fingerprint density at radius 3 is 2.83 bits per heavy atom. The van der Waals surface area contributed by atoms with Gasteiger partial charge in [0.2, 0.25) is 5.91 Å². The molecule has 0 saturated heterocycles. The lowest BCUT2D eigenvalue weighted by Gasteiger charge is -2.26. The number of fused-ring (bicyclic) bond motifs is 1. The van der Waals surface area contributed by atoms with Gasteiger partial charge in [-0.15, -0.1) is 12.4 Å². The van der Waals surface area contributed by atoms with Crippen LogP contribution in [0.2, 0.25) is 0 Å². The Labute approximate surface area is 149 Å². The van der Waals surface area contributed by atoms with Crippen molar-refractivity contribution in [1.29, 1.82) is 0 Å². The predicted molar refractivity (Wildman–Crippen MR) is 96.7 cm³/mol. The van der Waals surface area contributed by atoms with Gasteiger partial charge in [-0.25, -0.2) is 0 Å². The summed E-state index contributed by atoms with van der Waals surface area (Å²) in [6, 6.07) is 5.49. The molecule has 7 heteroatoms. The van der Waals surface area contributed by atoms with Crippen LogP contribution in [-0.2, 0) is 9.59 Å². The first-order valence-corrected chi connectivity index (χ1v) is 8.10. The van der Waals surface area contributed by atoms with Crippen molar-refractivity contribution in [3.05, 3.63) is 23.8 Å². The van der Waals surface area contributed by atoms with E-state index in [4.69, 9.17) is 4.74 Å². The molecule has 24 heavy (non-hydrogen) atoms. The van der Waals surface area contributed by atoms with Gasteiger partial charge in [-0.3, -0.25) is 9.59 Å². The topological polar surface area (TPSA) is 79.5 Å². The van der Waals surface area contributed by atoms with Crippen molar-refractivity contribution in [1.82, 2.24) is 10.6 Å². The summed E-state index contributed by atoms with van der Waals surface area (Å²) in [6.07, 6.45) is 1.48. The molecule has 1 aromatic rings. The van der Waals surface area contributed by atoms with E-state index in [2.05, 4.69) is 16.0 Å². The summed E-state index contributed by atoms with van der Waals surface area (Å²) in [5, 5.41) is 8.85. The van der Waals surface area contributed by atoms with Gasteiger partial charge in [0, 0.05) is 6.42 Å². The Morgan fingerprint density at radius 1 is 1.42 bits per heavy atom. The highest BCUT2D eigenvalue weighted by molar-refractivity contribution is 5.97. The normalized spacial score (nSPS) is 17.0. The monoisotopic (exact) mass is 355 g/mol. The Bertz CT molecular complexity index is 580. The zero-order chi connectivity index (χ0) is 16.8. The highest BCUT2D eigenvalue weighted by Gasteiger charge is 2.26. The number of ether oxygens (including phenoxy) is 1. The summed E-state index contributed by atoms with van der Waals surface area (Å²) in [5.41, 5.74) is 1.63. The SMILES string of the molecule is CCC1Oc2cc(C(C)NC(=O)CCCNC)ccc2NC1=O.Cl. The quantitative estimate of drug-likeness (QED) is 0.656. The third kappa shape index (κ3) is 5.11. The van der Waals surface area contributed by atoms with E-state index in [-0.39, 0.29) is 30.3 Å². The van der Waals surface area contributed by atoms with E-state index in [9.17, 15) is 9.59 Å². The minimum atomic E-state index is -0.454. The fourth-order valence-corrected chi connectivity index (χ4v) is 2.52. The molecule has 0 aromatic heterocycles. The van der Waals surface area contributed by atoms with E-state index in [1.165, 1.54) is 0 Å². The Morgan fingerprint density at radius 2 is 2.17 bits per heavy atom. The van der Waals surface area contributed by atoms with Crippen molar-refractivity contribution < 1.29 is 14.3 Å². The molecule has 1 aromatic carbocycles. The average molecular weight is 356 g/mol. The first-order chi connectivity index (χ1) is 11.0. The van der Waals surface area contributed by atoms with Crippen LogP contribution < -0.4 is 20.7 Å². The second kappa shape index (κ2) is 9.49. The molecule has 0 saturated carbocycles. The lowest BCUT2D eigenvalue weighted by Crippen LogP contribution is -2.36. The van der Waals surface area contributed by atoms with Crippen LogP contribution in [0.25, 0.3) is 0 Å². The number of hydrogen-bond donors (Lipinski definition) is 3. The molecule has 2 atom stereocenters. The predicted octanol–water partition coefficient (Wildman–Crippen LogP) is 2.39. The fraction of sp³-hybridized carbons (Fsp3) is 0.529. The molecular weight excluding hydrogens is 330 g/mol. The lowest BCUT2D eigenvalue weighted by molar-refractivity contribution is -0.123. The van der Waals surface area contributed by atoms with Crippen LogP contribution >= 0.6 is 12.4 Å². The molecule has 134 valence electrons. The zero-order valence-corrected chi connectivity index (χ0v) is 15.2. The van der Waals surface area contributed by atoms with Crippen LogP contribution in [0.1, 0.15) is 44.7 Å². The van der Waals surface area contributed by atoms with Gasteiger partial charge >= 0.3 is 0 Å². The number of halogens is 1. The highest BCUT2D eigenvalue weighted by Crippen LogP contribution is 2.32. The number of rotatable bonds is 7. The highest BCUT2D eigenvalue weighted by atomic mass is 35.5. The van der Waals surface area contributed by atoms with Gasteiger partial charge in [-0.2, -0.15) is 0 Å². The number of anilines is 1. The van der Waals surface area contributed by atoms with E-state index in [0.717, 1.165) is 18.5 Å². The third-order valence-electron chi connectivity index (χ3n) is 3.90. The van der Waals surface area contributed by atoms with Crippen molar-refractivity contribution in [2.45, 2.75) is 45.3 Å². The molecule has 0 bridgehead atoms. The molecule has 1 heterocycles. The van der Waals surface area contributed by atoms with Crippen LogP contribution in [0, 0.1) is 0 Å². The summed E-state index contributed by atoms with van der Waals surface area (Å²) in [7, 11) is 1.87. The average Bonchev–Trinajstić information content (AvgIpc) is 2.53. The molecule has 1 aliphatic rings. The van der Waals surface area contributed by atoms with E-state index in [1.54, 1.807) is 0 Å². The zero-order valence-electron chi connectivity index (χ0n) is 14.3. The molecule has 1 aliphatic heterocycles. The van der Waals surface area contributed by atoms with E-state index in [0.29, 0.717) is 24.3 Å². The lowest BCUT2D eigenvalue weighted by atomic mass is 10.1. The maximum atomic E-state index is 11.9. The molecule has 2 rings (SSSR count). The number of nitrogens with one attached hydrogen (secondary N) is 3. The van der Waals surface area contributed by atoms with Gasteiger partial charge in [-0.05, 0) is 51.1 Å². The summed E-state index contributed by atoms with van der Waals surface area (Å²) in [6.45, 7) is 4.68. The van der Waals surface area contributed by atoms with Crippen molar-refractivity contribution in [3.63, 3.8) is 0 Å². The van der Waals surface area contributed by atoms with Gasteiger partial charge in [0.25, 0.3) is 5.91 Å². The maximum Gasteiger partial charge on any atom is 0.265 e. The molecule has 2 unspecified atom stereocenters. The molecule has 0 spiro atoms. The number of carbonyl (C=O) groups excluding carboxylic acids is 2. The van der Waals surface area contributed by atoms with Crippen LogP contribution in [0.15, 0.2) is 18.2 Å². The van der Waals surface area contributed by atoms with Crippen LogP contribution in [0.4, 0.5) is 5.69 Å². The van der Waals surface area contributed by atoms with E-state index >= 15 is 0 Å². The molecule has 6 nitrogen and oxygen atoms in total. The first kappa shape index (κ1) is 20.3. The minimum absolute atomic E-state index is 0. The molecule has 2 amide bonds. The number of carbonyl (C=O) groups is 2. The number of benzene rings is 1. The number of amides is 2. The molecule has 3 N–H and O–H groups in total. The third-order valence-corrected chi connectivity index (χ3v) is 3.90. The fourth-order valence-electron chi connectivity index (χ4n) is 2.52. The smallest absolute Gasteiger partial charge is 0.265 e. The molecule has 0 aliphatic carbocycles. The minimum Gasteiger partial charge on any atom is -0.478 e. The van der Waals surface area contributed by atoms with Gasteiger partial charge in [0.1, 0.15) is 5.75 Å². The standard InChI is InChI=1S/C17H25N3O3.ClH/c1-4-14-17(22)20-13-8-7-12(10-15(13)23-14)11(2)19-16(21)6-5-9-18-3;/h7-8,10-11,14,18H,4-6,9H2,1-3H3,(H,19,21)(H,20,22);1H. The maximum absolute atomic E-state index is 11.9. The Kier molecular flexibility index (Phi) is 8.01. The van der Waals surface area contributed by atoms with Crippen LogP contribution in [0.5, 0.6) is 5.75 Å². The van der Waals surface area contributed by atoms with Crippen molar-refractivity contribution >= 4 is 29.9 Å². The van der Waals surface area contributed by atoms with Gasteiger partial charge in [0.05, 0.1) is 11.7 Å². The number of hydrogen-bond acceptors (Lipinski definition) is 4. The van der Waals surface area contributed by atoms with Crippen molar-refractivity contribution in [2.24, 2.45) is 0 Å². The molecule has 0 fully saturated rings. The Balaban J connectivity index is 0.00000288. The summed E-state index contributed by atoms with van der Waals surface area (Å²) in [4.78, 5) is 23.7. The van der Waals surface area contributed by atoms with Crippen LogP contribution in [-0.4, -0.2) is 31.5 Å². The largest absolute Gasteiger partial charge is 0.478 e. The summed E-state index contributed by atoms with van der Waals surface area (Å²) in [5.74, 6) is 0.579. The Hall–Kier alpha value is -1.79.